The summed E-state index contributed by atoms with van der Waals surface area (Å²) in [5.41, 5.74) is 7.99. The third-order valence-corrected chi connectivity index (χ3v) is 3.31. The van der Waals surface area contributed by atoms with E-state index >= 15 is 0 Å². The molecule has 0 saturated heterocycles. The summed E-state index contributed by atoms with van der Waals surface area (Å²) in [6.45, 7) is 0. The number of tetrazole rings is 1. The Morgan fingerprint density at radius 2 is 1.90 bits per heavy atom. The molecule has 0 atom stereocenters. The number of nitrogens with zero attached hydrogens (tertiary/aromatic N) is 4. The zero-order valence-corrected chi connectivity index (χ0v) is 11.9. The van der Waals surface area contributed by atoms with Crippen LogP contribution in [0.25, 0.3) is 17.1 Å². The SMILES string of the molecule is COc1ccc(-n2nnnc2-c2ccc(N)cc2)cc1Cl. The normalized spacial score (nSPS) is 10.6. The van der Waals surface area contributed by atoms with Crippen LogP contribution in [0.1, 0.15) is 0 Å². The molecule has 0 amide bonds. The van der Waals surface area contributed by atoms with Crippen molar-refractivity contribution in [1.82, 2.24) is 20.2 Å². The number of hydrogen-bond donors (Lipinski definition) is 1. The van der Waals surface area contributed by atoms with E-state index in [9.17, 15) is 0 Å². The van der Waals surface area contributed by atoms with Crippen molar-refractivity contribution in [2.75, 3.05) is 12.8 Å². The highest BCUT2D eigenvalue weighted by atomic mass is 35.5. The predicted molar refractivity (Wildman–Crippen MR) is 80.6 cm³/mol. The minimum Gasteiger partial charge on any atom is -0.495 e. The Balaban J connectivity index is 2.06. The summed E-state index contributed by atoms with van der Waals surface area (Å²) >= 11 is 6.14. The number of nitrogen functional groups attached to an aromatic ring is 1. The van der Waals surface area contributed by atoms with Gasteiger partial charge in [-0.15, -0.1) is 5.10 Å². The summed E-state index contributed by atoms with van der Waals surface area (Å²) in [7, 11) is 1.57. The quantitative estimate of drug-likeness (QED) is 0.752. The van der Waals surface area contributed by atoms with Crippen LogP contribution in [0.4, 0.5) is 5.69 Å². The molecule has 21 heavy (non-hydrogen) atoms. The first-order chi connectivity index (χ1) is 10.2. The van der Waals surface area contributed by atoms with Crippen LogP contribution >= 0.6 is 11.6 Å². The van der Waals surface area contributed by atoms with Crippen molar-refractivity contribution >= 4 is 17.3 Å². The number of halogens is 1. The molecule has 0 saturated carbocycles. The van der Waals surface area contributed by atoms with Crippen molar-refractivity contribution < 1.29 is 4.74 Å². The van der Waals surface area contributed by atoms with Gasteiger partial charge in [0.15, 0.2) is 5.82 Å². The van der Waals surface area contributed by atoms with Crippen molar-refractivity contribution in [3.05, 3.63) is 47.5 Å². The molecule has 7 heteroatoms. The molecular weight excluding hydrogens is 290 g/mol. The molecule has 3 rings (SSSR count). The van der Waals surface area contributed by atoms with Gasteiger partial charge in [-0.05, 0) is 52.9 Å². The molecule has 3 aromatic rings. The topological polar surface area (TPSA) is 78.8 Å². The molecule has 0 spiro atoms. The largest absolute Gasteiger partial charge is 0.495 e. The van der Waals surface area contributed by atoms with Gasteiger partial charge < -0.3 is 10.5 Å². The van der Waals surface area contributed by atoms with Gasteiger partial charge in [0.2, 0.25) is 0 Å². The van der Waals surface area contributed by atoms with Gasteiger partial charge in [-0.25, -0.2) is 0 Å². The zero-order valence-electron chi connectivity index (χ0n) is 11.2. The Morgan fingerprint density at radius 1 is 1.14 bits per heavy atom. The molecule has 2 N–H and O–H groups in total. The summed E-state index contributed by atoms with van der Waals surface area (Å²) in [4.78, 5) is 0. The van der Waals surface area contributed by atoms with Crippen LogP contribution in [0.5, 0.6) is 5.75 Å². The molecule has 0 fully saturated rings. The molecule has 0 aliphatic heterocycles. The van der Waals surface area contributed by atoms with E-state index in [1.165, 1.54) is 0 Å². The van der Waals surface area contributed by atoms with Crippen LogP contribution in [0, 0.1) is 0 Å². The van der Waals surface area contributed by atoms with Gasteiger partial charge in [-0.3, -0.25) is 0 Å². The lowest BCUT2D eigenvalue weighted by molar-refractivity contribution is 0.415. The fourth-order valence-electron chi connectivity index (χ4n) is 1.96. The van der Waals surface area contributed by atoms with Crippen LogP contribution in [0.15, 0.2) is 42.5 Å². The van der Waals surface area contributed by atoms with Gasteiger partial charge in [0.25, 0.3) is 0 Å². The standard InChI is InChI=1S/C14H12ClN5O/c1-21-13-7-6-11(8-12(13)15)20-14(17-18-19-20)9-2-4-10(16)5-3-9/h2-8H,16H2,1H3. The van der Waals surface area contributed by atoms with Crippen LogP contribution < -0.4 is 10.5 Å². The second-order valence-corrected chi connectivity index (χ2v) is 4.76. The van der Waals surface area contributed by atoms with Crippen LogP contribution in [0.3, 0.4) is 0 Å². The maximum atomic E-state index is 6.14. The fraction of sp³-hybridized carbons (Fsp3) is 0.0714. The molecule has 0 radical (unpaired) electrons. The van der Waals surface area contributed by atoms with E-state index in [4.69, 9.17) is 22.1 Å². The van der Waals surface area contributed by atoms with E-state index < -0.39 is 0 Å². The summed E-state index contributed by atoms with van der Waals surface area (Å²) in [5.74, 6) is 1.21. The average molecular weight is 302 g/mol. The fourth-order valence-corrected chi connectivity index (χ4v) is 2.21. The van der Waals surface area contributed by atoms with E-state index in [1.807, 2.05) is 18.2 Å². The predicted octanol–water partition coefficient (Wildman–Crippen LogP) is 2.57. The Kier molecular flexibility index (Phi) is 3.45. The Morgan fingerprint density at radius 3 is 2.57 bits per heavy atom. The number of ether oxygens (including phenoxy) is 1. The molecule has 0 bridgehead atoms. The van der Waals surface area contributed by atoms with Gasteiger partial charge in [0.05, 0.1) is 17.8 Å². The van der Waals surface area contributed by atoms with Crippen LogP contribution in [-0.4, -0.2) is 27.3 Å². The number of benzene rings is 2. The summed E-state index contributed by atoms with van der Waals surface area (Å²) < 4.78 is 6.75. The van der Waals surface area contributed by atoms with Crippen molar-refractivity contribution in [3.8, 4) is 22.8 Å². The van der Waals surface area contributed by atoms with E-state index in [-0.39, 0.29) is 0 Å². The third kappa shape index (κ3) is 2.53. The summed E-state index contributed by atoms with van der Waals surface area (Å²) in [6.07, 6.45) is 0. The highest BCUT2D eigenvalue weighted by Crippen LogP contribution is 2.28. The van der Waals surface area contributed by atoms with Gasteiger partial charge in [-0.2, -0.15) is 4.68 Å². The first kappa shape index (κ1) is 13.4. The van der Waals surface area contributed by atoms with Crippen molar-refractivity contribution in [1.29, 1.82) is 0 Å². The monoisotopic (exact) mass is 301 g/mol. The number of rotatable bonds is 3. The summed E-state index contributed by atoms with van der Waals surface area (Å²) in [6, 6.07) is 12.7. The molecule has 0 aliphatic carbocycles. The van der Waals surface area contributed by atoms with E-state index in [2.05, 4.69) is 15.5 Å². The lowest BCUT2D eigenvalue weighted by Crippen LogP contribution is -2.00. The molecule has 2 aromatic carbocycles. The van der Waals surface area contributed by atoms with Gasteiger partial charge in [-0.1, -0.05) is 11.6 Å². The van der Waals surface area contributed by atoms with E-state index in [0.717, 1.165) is 11.3 Å². The van der Waals surface area contributed by atoms with Crippen molar-refractivity contribution in [2.45, 2.75) is 0 Å². The molecule has 6 nitrogen and oxygen atoms in total. The van der Waals surface area contributed by atoms with Gasteiger partial charge in [0, 0.05) is 11.3 Å². The number of hydrogen-bond acceptors (Lipinski definition) is 5. The zero-order chi connectivity index (χ0) is 14.8. The molecule has 0 aliphatic rings. The molecule has 1 heterocycles. The maximum Gasteiger partial charge on any atom is 0.187 e. The number of aromatic nitrogens is 4. The minimum absolute atomic E-state index is 0.494. The van der Waals surface area contributed by atoms with Gasteiger partial charge >= 0.3 is 0 Å². The molecular formula is C14H12ClN5O. The Bertz CT molecular complexity index is 769. The summed E-state index contributed by atoms with van der Waals surface area (Å²) in [5, 5.41) is 12.3. The Hall–Kier alpha value is -2.60. The highest BCUT2D eigenvalue weighted by molar-refractivity contribution is 6.32. The van der Waals surface area contributed by atoms with E-state index in [1.54, 1.807) is 36.1 Å². The number of anilines is 1. The first-order valence-electron chi connectivity index (χ1n) is 6.17. The lowest BCUT2D eigenvalue weighted by atomic mass is 10.2. The lowest BCUT2D eigenvalue weighted by Gasteiger charge is -2.07. The Labute approximate surface area is 126 Å². The van der Waals surface area contributed by atoms with E-state index in [0.29, 0.717) is 22.3 Å². The number of methoxy groups -OCH3 is 1. The van der Waals surface area contributed by atoms with Crippen molar-refractivity contribution in [3.63, 3.8) is 0 Å². The third-order valence-electron chi connectivity index (χ3n) is 3.02. The second kappa shape index (κ2) is 5.41. The smallest absolute Gasteiger partial charge is 0.187 e. The van der Waals surface area contributed by atoms with Gasteiger partial charge in [0.1, 0.15) is 5.75 Å². The highest BCUT2D eigenvalue weighted by Gasteiger charge is 2.12. The molecule has 1 aromatic heterocycles. The number of nitrogens with two attached hydrogens (primary N) is 1. The maximum absolute atomic E-state index is 6.14. The van der Waals surface area contributed by atoms with Crippen molar-refractivity contribution in [2.24, 2.45) is 0 Å². The average Bonchev–Trinajstić information content (AvgIpc) is 2.97. The molecule has 0 unspecified atom stereocenters. The first-order valence-corrected chi connectivity index (χ1v) is 6.55. The molecule has 106 valence electrons. The minimum atomic E-state index is 0.494. The van der Waals surface area contributed by atoms with Crippen LogP contribution in [0.2, 0.25) is 5.02 Å². The van der Waals surface area contributed by atoms with Crippen LogP contribution in [-0.2, 0) is 0 Å². The second-order valence-electron chi connectivity index (χ2n) is 4.36.